The summed E-state index contributed by atoms with van der Waals surface area (Å²) in [7, 11) is 0. The largest absolute Gasteiger partial charge is 0.467 e. The smallest absolute Gasteiger partial charge is 0.387 e. The molecule has 9 heteroatoms. The molecule has 2 amide bonds. The van der Waals surface area contributed by atoms with Crippen LogP contribution in [0.5, 0.6) is 5.75 Å². The van der Waals surface area contributed by atoms with Gasteiger partial charge in [-0.15, -0.1) is 0 Å². The molecule has 0 saturated heterocycles. The molecular weight excluding hydrogens is 420 g/mol. The zero-order valence-corrected chi connectivity index (χ0v) is 17.1. The monoisotopic (exact) mass is 443 g/mol. The maximum Gasteiger partial charge on any atom is 0.387 e. The molecule has 0 radical (unpaired) electrons. The number of para-hydroxylation sites is 1. The maximum absolute atomic E-state index is 12.5. The Bertz CT molecular complexity index is 1010. The molecule has 0 fully saturated rings. The van der Waals surface area contributed by atoms with E-state index in [-0.39, 0.29) is 30.7 Å². The summed E-state index contributed by atoms with van der Waals surface area (Å²) in [6.45, 7) is -2.24. The summed E-state index contributed by atoms with van der Waals surface area (Å²) >= 11 is 0. The van der Waals surface area contributed by atoms with E-state index in [9.17, 15) is 18.4 Å². The predicted octanol–water partition coefficient (Wildman–Crippen LogP) is 3.58. The lowest BCUT2D eigenvalue weighted by atomic mass is 10.1. The van der Waals surface area contributed by atoms with E-state index in [4.69, 9.17) is 4.42 Å². The quantitative estimate of drug-likeness (QED) is 0.421. The van der Waals surface area contributed by atoms with Crippen molar-refractivity contribution in [3.8, 4) is 5.75 Å². The number of hydrogen-bond donors (Lipinski definition) is 3. The van der Waals surface area contributed by atoms with Crippen molar-refractivity contribution >= 4 is 17.5 Å². The number of ether oxygens (including phenoxy) is 1. The highest BCUT2D eigenvalue weighted by molar-refractivity contribution is 6.00. The second-order valence-corrected chi connectivity index (χ2v) is 6.78. The van der Waals surface area contributed by atoms with Gasteiger partial charge in [0.05, 0.1) is 24.9 Å². The summed E-state index contributed by atoms with van der Waals surface area (Å²) in [5.74, 6) is 0.195. The maximum atomic E-state index is 12.5. The third-order valence-electron chi connectivity index (χ3n) is 4.50. The Morgan fingerprint density at radius 2 is 1.75 bits per heavy atom. The molecule has 0 atom stereocenters. The summed E-state index contributed by atoms with van der Waals surface area (Å²) < 4.78 is 33.8. The van der Waals surface area contributed by atoms with Crippen LogP contribution in [0.3, 0.4) is 0 Å². The zero-order valence-electron chi connectivity index (χ0n) is 17.1. The summed E-state index contributed by atoms with van der Waals surface area (Å²) in [4.78, 5) is 24.6. The van der Waals surface area contributed by atoms with E-state index in [0.717, 1.165) is 5.56 Å². The minimum Gasteiger partial charge on any atom is -0.467 e. The average molecular weight is 443 g/mol. The van der Waals surface area contributed by atoms with Gasteiger partial charge < -0.3 is 25.1 Å². The van der Waals surface area contributed by atoms with Crippen molar-refractivity contribution in [2.24, 2.45) is 0 Å². The molecule has 32 heavy (non-hydrogen) atoms. The number of carbonyl (C=O) groups is 2. The Morgan fingerprint density at radius 1 is 0.969 bits per heavy atom. The van der Waals surface area contributed by atoms with Crippen molar-refractivity contribution in [2.75, 3.05) is 18.4 Å². The van der Waals surface area contributed by atoms with E-state index in [2.05, 4.69) is 20.7 Å². The van der Waals surface area contributed by atoms with Crippen LogP contribution in [0.1, 0.15) is 21.7 Å². The molecule has 0 aliphatic carbocycles. The normalized spacial score (nSPS) is 10.6. The minimum absolute atomic E-state index is 0.0103. The summed E-state index contributed by atoms with van der Waals surface area (Å²) in [6, 6.07) is 16.6. The molecule has 7 nitrogen and oxygen atoms in total. The molecule has 3 N–H and O–H groups in total. The first kappa shape index (κ1) is 22.8. The molecule has 0 spiro atoms. The number of benzene rings is 2. The van der Waals surface area contributed by atoms with E-state index in [1.54, 1.807) is 48.5 Å². The number of furan rings is 1. The molecular formula is C23H23F2N3O4. The molecule has 3 rings (SSSR count). The van der Waals surface area contributed by atoms with Crippen LogP contribution in [-0.2, 0) is 17.8 Å². The van der Waals surface area contributed by atoms with E-state index in [1.807, 2.05) is 0 Å². The summed E-state index contributed by atoms with van der Waals surface area (Å²) in [5.41, 5.74) is 1.82. The number of rotatable bonds is 11. The van der Waals surface area contributed by atoms with Crippen molar-refractivity contribution in [1.82, 2.24) is 10.6 Å². The van der Waals surface area contributed by atoms with E-state index >= 15 is 0 Å². The van der Waals surface area contributed by atoms with Gasteiger partial charge in [0.2, 0.25) is 5.91 Å². The predicted molar refractivity (Wildman–Crippen MR) is 115 cm³/mol. The second kappa shape index (κ2) is 11.5. The van der Waals surface area contributed by atoms with Crippen molar-refractivity contribution in [2.45, 2.75) is 19.6 Å². The van der Waals surface area contributed by atoms with Gasteiger partial charge in [-0.25, -0.2) is 0 Å². The van der Waals surface area contributed by atoms with Gasteiger partial charge in [-0.3, -0.25) is 9.59 Å². The van der Waals surface area contributed by atoms with Crippen molar-refractivity contribution in [3.63, 3.8) is 0 Å². The SMILES string of the molecule is O=C(CNc1ccccc1C(=O)NCc1ccco1)NCCc1ccc(OC(F)F)cc1. The lowest BCUT2D eigenvalue weighted by Gasteiger charge is -2.12. The first-order valence-electron chi connectivity index (χ1n) is 9.95. The lowest BCUT2D eigenvalue weighted by molar-refractivity contribution is -0.119. The highest BCUT2D eigenvalue weighted by Gasteiger charge is 2.12. The van der Waals surface area contributed by atoms with E-state index < -0.39 is 6.61 Å². The van der Waals surface area contributed by atoms with Gasteiger partial charge in [-0.1, -0.05) is 24.3 Å². The number of amides is 2. The Hall–Kier alpha value is -3.88. The Labute approximate surface area is 183 Å². The zero-order chi connectivity index (χ0) is 22.8. The van der Waals surface area contributed by atoms with Gasteiger partial charge in [0.25, 0.3) is 5.91 Å². The molecule has 0 aliphatic rings. The van der Waals surface area contributed by atoms with Crippen molar-refractivity contribution in [3.05, 3.63) is 83.8 Å². The third-order valence-corrected chi connectivity index (χ3v) is 4.50. The van der Waals surface area contributed by atoms with E-state index in [0.29, 0.717) is 30.0 Å². The number of nitrogens with one attached hydrogen (secondary N) is 3. The number of alkyl halides is 2. The van der Waals surface area contributed by atoms with Crippen LogP contribution in [0.25, 0.3) is 0 Å². The number of halogens is 2. The van der Waals surface area contributed by atoms with Crippen LogP contribution in [0.2, 0.25) is 0 Å². The van der Waals surface area contributed by atoms with Crippen LogP contribution in [0.15, 0.2) is 71.3 Å². The highest BCUT2D eigenvalue weighted by atomic mass is 19.3. The topological polar surface area (TPSA) is 92.6 Å². The molecule has 0 aliphatic heterocycles. The molecule has 0 bridgehead atoms. The fourth-order valence-corrected chi connectivity index (χ4v) is 2.93. The third kappa shape index (κ3) is 7.12. The van der Waals surface area contributed by atoms with Crippen LogP contribution in [-0.4, -0.2) is 31.5 Å². The molecule has 3 aromatic rings. The van der Waals surface area contributed by atoms with Crippen molar-refractivity contribution in [1.29, 1.82) is 0 Å². The Balaban J connectivity index is 1.43. The molecule has 0 saturated carbocycles. The first-order chi connectivity index (χ1) is 15.5. The number of hydrogen-bond acceptors (Lipinski definition) is 5. The van der Waals surface area contributed by atoms with Gasteiger partial charge >= 0.3 is 6.61 Å². The summed E-state index contributed by atoms with van der Waals surface area (Å²) in [6.07, 6.45) is 2.07. The van der Waals surface area contributed by atoms with Gasteiger partial charge in [0.1, 0.15) is 11.5 Å². The number of anilines is 1. The second-order valence-electron chi connectivity index (χ2n) is 6.78. The Kier molecular flexibility index (Phi) is 8.19. The lowest BCUT2D eigenvalue weighted by Crippen LogP contribution is -2.32. The Morgan fingerprint density at radius 3 is 2.47 bits per heavy atom. The van der Waals surface area contributed by atoms with Gasteiger partial charge in [0, 0.05) is 12.2 Å². The van der Waals surface area contributed by atoms with Crippen molar-refractivity contribution < 1.29 is 27.5 Å². The first-order valence-corrected chi connectivity index (χ1v) is 9.95. The van der Waals surface area contributed by atoms with Crippen LogP contribution in [0.4, 0.5) is 14.5 Å². The van der Waals surface area contributed by atoms with Gasteiger partial charge in [0.15, 0.2) is 0 Å². The fraction of sp³-hybridized carbons (Fsp3) is 0.217. The standard InChI is InChI=1S/C23H23F2N3O4/c24-23(25)32-17-9-7-16(8-10-17)11-12-26-21(29)15-27-20-6-2-1-5-19(20)22(30)28-14-18-4-3-13-31-18/h1-10,13,23,27H,11-12,14-15H2,(H,26,29)(H,28,30). The van der Waals surface area contributed by atoms with Crippen LogP contribution in [0, 0.1) is 0 Å². The highest BCUT2D eigenvalue weighted by Crippen LogP contribution is 2.16. The van der Waals surface area contributed by atoms with E-state index in [1.165, 1.54) is 18.4 Å². The number of carbonyl (C=O) groups excluding carboxylic acids is 2. The van der Waals surface area contributed by atoms with Crippen LogP contribution < -0.4 is 20.7 Å². The molecule has 0 unspecified atom stereocenters. The molecule has 1 aromatic heterocycles. The molecule has 168 valence electrons. The van der Waals surface area contributed by atoms with Gasteiger partial charge in [-0.2, -0.15) is 8.78 Å². The van der Waals surface area contributed by atoms with Gasteiger partial charge in [-0.05, 0) is 48.4 Å². The summed E-state index contributed by atoms with van der Waals surface area (Å²) in [5, 5.41) is 8.52. The average Bonchev–Trinajstić information content (AvgIpc) is 3.31. The molecule has 1 heterocycles. The minimum atomic E-state index is -2.86. The fourth-order valence-electron chi connectivity index (χ4n) is 2.93. The van der Waals surface area contributed by atoms with Crippen LogP contribution >= 0.6 is 0 Å². The molecule has 2 aromatic carbocycles.